The SMILES string of the molecule is CCCCCCOc1cc(SCC)c(Cl)cc1F. The second-order valence-corrected chi connectivity index (χ2v) is 5.77. The van der Waals surface area contributed by atoms with Crippen molar-refractivity contribution >= 4 is 23.4 Å². The van der Waals surface area contributed by atoms with Crippen LogP contribution in [0.3, 0.4) is 0 Å². The van der Waals surface area contributed by atoms with Crippen LogP contribution in [0.5, 0.6) is 5.75 Å². The Hall–Kier alpha value is -0.410. The van der Waals surface area contributed by atoms with Crippen molar-refractivity contribution in [2.75, 3.05) is 12.4 Å². The Labute approximate surface area is 118 Å². The van der Waals surface area contributed by atoms with Gasteiger partial charge in [-0.25, -0.2) is 4.39 Å². The lowest BCUT2D eigenvalue weighted by atomic mass is 10.2. The van der Waals surface area contributed by atoms with Crippen molar-refractivity contribution in [2.45, 2.75) is 44.4 Å². The molecule has 0 aliphatic heterocycles. The Morgan fingerprint density at radius 1 is 1.22 bits per heavy atom. The predicted octanol–water partition coefficient (Wildman–Crippen LogP) is 5.55. The number of thioether (sulfide) groups is 1. The molecule has 102 valence electrons. The minimum Gasteiger partial charge on any atom is -0.490 e. The molecule has 1 aromatic carbocycles. The predicted molar refractivity (Wildman–Crippen MR) is 77.4 cm³/mol. The van der Waals surface area contributed by atoms with Gasteiger partial charge >= 0.3 is 0 Å². The van der Waals surface area contributed by atoms with E-state index in [4.69, 9.17) is 16.3 Å². The van der Waals surface area contributed by atoms with E-state index in [2.05, 4.69) is 6.92 Å². The van der Waals surface area contributed by atoms with E-state index in [0.717, 1.165) is 23.5 Å². The highest BCUT2D eigenvalue weighted by molar-refractivity contribution is 7.99. The summed E-state index contributed by atoms with van der Waals surface area (Å²) >= 11 is 7.56. The molecule has 0 bridgehead atoms. The van der Waals surface area contributed by atoms with Gasteiger partial charge in [0.1, 0.15) is 0 Å². The first kappa shape index (κ1) is 15.6. The van der Waals surface area contributed by atoms with E-state index in [9.17, 15) is 4.39 Å². The monoisotopic (exact) mass is 290 g/mol. The van der Waals surface area contributed by atoms with E-state index in [1.165, 1.54) is 18.9 Å². The summed E-state index contributed by atoms with van der Waals surface area (Å²) in [6.45, 7) is 4.76. The average Bonchev–Trinajstić information content (AvgIpc) is 2.34. The molecule has 0 heterocycles. The molecular formula is C14H20ClFOS. The van der Waals surface area contributed by atoms with Gasteiger partial charge in [-0.05, 0) is 24.3 Å². The quantitative estimate of drug-likeness (QED) is 0.458. The summed E-state index contributed by atoms with van der Waals surface area (Å²) < 4.78 is 19.1. The Kier molecular flexibility index (Phi) is 7.52. The van der Waals surface area contributed by atoms with Crippen LogP contribution in [0.2, 0.25) is 5.02 Å². The van der Waals surface area contributed by atoms with E-state index in [1.54, 1.807) is 17.8 Å². The van der Waals surface area contributed by atoms with E-state index in [-0.39, 0.29) is 5.82 Å². The number of ether oxygens (including phenoxy) is 1. The molecule has 0 aliphatic rings. The van der Waals surface area contributed by atoms with Gasteiger partial charge < -0.3 is 4.74 Å². The van der Waals surface area contributed by atoms with Crippen LogP contribution >= 0.6 is 23.4 Å². The third kappa shape index (κ3) is 5.07. The van der Waals surface area contributed by atoms with Gasteiger partial charge in [0.25, 0.3) is 0 Å². The molecule has 0 saturated heterocycles. The standard InChI is InChI=1S/C14H20ClFOS/c1-3-5-6-7-8-17-13-10-14(18-4-2)11(15)9-12(13)16/h9-10H,3-8H2,1-2H3. The highest BCUT2D eigenvalue weighted by Gasteiger charge is 2.09. The fraction of sp³-hybridized carbons (Fsp3) is 0.571. The Morgan fingerprint density at radius 3 is 2.67 bits per heavy atom. The maximum absolute atomic E-state index is 13.6. The number of hydrogen-bond acceptors (Lipinski definition) is 2. The minimum absolute atomic E-state index is 0.312. The summed E-state index contributed by atoms with van der Waals surface area (Å²) in [7, 11) is 0. The Bertz CT molecular complexity index is 371. The summed E-state index contributed by atoms with van der Waals surface area (Å²) in [4.78, 5) is 0.879. The van der Waals surface area contributed by atoms with Gasteiger partial charge in [0, 0.05) is 4.90 Å². The van der Waals surface area contributed by atoms with Crippen molar-refractivity contribution in [3.8, 4) is 5.75 Å². The highest BCUT2D eigenvalue weighted by Crippen LogP contribution is 2.33. The van der Waals surface area contributed by atoms with Crippen LogP contribution in [0.15, 0.2) is 17.0 Å². The first-order valence-electron chi connectivity index (χ1n) is 6.43. The second-order valence-electron chi connectivity index (χ2n) is 4.06. The van der Waals surface area contributed by atoms with Gasteiger partial charge in [-0.3, -0.25) is 0 Å². The maximum atomic E-state index is 13.6. The zero-order valence-electron chi connectivity index (χ0n) is 11.0. The Balaban J connectivity index is 2.56. The molecule has 0 aliphatic carbocycles. The highest BCUT2D eigenvalue weighted by atomic mass is 35.5. The first-order valence-corrected chi connectivity index (χ1v) is 7.80. The number of unbranched alkanes of at least 4 members (excludes halogenated alkanes) is 3. The van der Waals surface area contributed by atoms with Crippen LogP contribution < -0.4 is 4.74 Å². The molecule has 1 aromatic rings. The fourth-order valence-corrected chi connectivity index (χ4v) is 2.61. The minimum atomic E-state index is -0.379. The molecule has 0 fully saturated rings. The van der Waals surface area contributed by atoms with Gasteiger partial charge in [-0.15, -0.1) is 11.8 Å². The lowest BCUT2D eigenvalue weighted by Crippen LogP contribution is -1.99. The molecule has 0 unspecified atom stereocenters. The van der Waals surface area contributed by atoms with Crippen LogP contribution in [0.4, 0.5) is 4.39 Å². The molecule has 0 spiro atoms. The fourth-order valence-electron chi connectivity index (χ4n) is 1.60. The van der Waals surface area contributed by atoms with Crippen molar-refractivity contribution < 1.29 is 9.13 Å². The van der Waals surface area contributed by atoms with E-state index in [1.807, 2.05) is 6.92 Å². The molecule has 0 atom stereocenters. The van der Waals surface area contributed by atoms with Gasteiger partial charge in [0.15, 0.2) is 11.6 Å². The summed E-state index contributed by atoms with van der Waals surface area (Å²) in [6, 6.07) is 3.03. The van der Waals surface area contributed by atoms with Crippen LogP contribution in [-0.4, -0.2) is 12.4 Å². The van der Waals surface area contributed by atoms with Crippen molar-refractivity contribution in [2.24, 2.45) is 0 Å². The summed E-state index contributed by atoms with van der Waals surface area (Å²) in [5, 5.41) is 0.456. The van der Waals surface area contributed by atoms with E-state index < -0.39 is 0 Å². The number of hydrogen-bond donors (Lipinski definition) is 0. The van der Waals surface area contributed by atoms with Crippen LogP contribution in [-0.2, 0) is 0 Å². The van der Waals surface area contributed by atoms with Crippen LogP contribution in [0.25, 0.3) is 0 Å². The summed E-state index contributed by atoms with van der Waals surface area (Å²) in [6.07, 6.45) is 4.48. The van der Waals surface area contributed by atoms with Gasteiger partial charge in [0.2, 0.25) is 0 Å². The van der Waals surface area contributed by atoms with Crippen LogP contribution in [0, 0.1) is 5.82 Å². The smallest absolute Gasteiger partial charge is 0.166 e. The zero-order valence-corrected chi connectivity index (χ0v) is 12.5. The molecule has 0 radical (unpaired) electrons. The summed E-state index contributed by atoms with van der Waals surface area (Å²) in [5.41, 5.74) is 0. The lowest BCUT2D eigenvalue weighted by Gasteiger charge is -2.10. The Morgan fingerprint density at radius 2 is 2.00 bits per heavy atom. The van der Waals surface area contributed by atoms with E-state index >= 15 is 0 Å². The lowest BCUT2D eigenvalue weighted by molar-refractivity contribution is 0.290. The van der Waals surface area contributed by atoms with Crippen molar-refractivity contribution in [3.05, 3.63) is 23.0 Å². The normalized spacial score (nSPS) is 10.7. The first-order chi connectivity index (χ1) is 8.69. The van der Waals surface area contributed by atoms with Gasteiger partial charge in [-0.2, -0.15) is 0 Å². The molecule has 0 N–H and O–H groups in total. The number of benzene rings is 1. The molecule has 18 heavy (non-hydrogen) atoms. The maximum Gasteiger partial charge on any atom is 0.166 e. The largest absolute Gasteiger partial charge is 0.490 e. The van der Waals surface area contributed by atoms with Crippen molar-refractivity contribution in [1.29, 1.82) is 0 Å². The molecule has 1 nitrogen and oxygen atoms in total. The van der Waals surface area contributed by atoms with Crippen molar-refractivity contribution in [1.82, 2.24) is 0 Å². The third-order valence-electron chi connectivity index (χ3n) is 2.54. The van der Waals surface area contributed by atoms with Gasteiger partial charge in [0.05, 0.1) is 11.6 Å². The molecule has 0 saturated carbocycles. The number of rotatable bonds is 8. The summed E-state index contributed by atoms with van der Waals surface area (Å²) in [5.74, 6) is 0.837. The molecule has 0 amide bonds. The number of halogens is 2. The molecule has 4 heteroatoms. The average molecular weight is 291 g/mol. The zero-order chi connectivity index (χ0) is 13.4. The van der Waals surface area contributed by atoms with Crippen molar-refractivity contribution in [3.63, 3.8) is 0 Å². The van der Waals surface area contributed by atoms with Crippen LogP contribution in [0.1, 0.15) is 39.5 Å². The third-order valence-corrected chi connectivity index (χ3v) is 3.90. The topological polar surface area (TPSA) is 9.23 Å². The molecular weight excluding hydrogens is 271 g/mol. The second kappa shape index (κ2) is 8.65. The van der Waals surface area contributed by atoms with Gasteiger partial charge in [-0.1, -0.05) is 44.7 Å². The molecule has 1 rings (SSSR count). The van der Waals surface area contributed by atoms with E-state index in [0.29, 0.717) is 17.4 Å². The molecule has 0 aromatic heterocycles.